The fourth-order valence-corrected chi connectivity index (χ4v) is 2.12. The number of hydrogen-bond donors (Lipinski definition) is 1. The number of amides is 2. The number of aliphatic hydroxyl groups excluding tert-OH is 1. The fourth-order valence-electron chi connectivity index (χ4n) is 2.12. The van der Waals surface area contributed by atoms with Gasteiger partial charge in [0.1, 0.15) is 12.3 Å². The second-order valence-electron chi connectivity index (χ2n) is 4.69. The summed E-state index contributed by atoms with van der Waals surface area (Å²) in [6.07, 6.45) is 1.52. The summed E-state index contributed by atoms with van der Waals surface area (Å²) in [6.45, 7) is 3.48. The van der Waals surface area contributed by atoms with Gasteiger partial charge in [-0.3, -0.25) is 9.59 Å². The zero-order valence-electron chi connectivity index (χ0n) is 11.9. The molecule has 2 rings (SSSR count). The highest BCUT2D eigenvalue weighted by Crippen LogP contribution is 2.08. The van der Waals surface area contributed by atoms with Gasteiger partial charge >= 0.3 is 0 Å². The Balaban J connectivity index is 1.99. The molecule has 2 heterocycles. The smallest absolute Gasteiger partial charge is 0.272 e. The number of hydrogen-bond acceptors (Lipinski definition) is 4. The second-order valence-corrected chi connectivity index (χ2v) is 4.69. The van der Waals surface area contributed by atoms with E-state index in [1.165, 1.54) is 13.1 Å². The molecule has 2 amide bonds. The number of aliphatic hydroxyl groups is 1. The Labute approximate surface area is 123 Å². The molecule has 1 aliphatic heterocycles. The van der Waals surface area contributed by atoms with Crippen molar-refractivity contribution >= 4 is 11.8 Å². The standard InChI is InChI=1S/C15H17N3O3/c1-12(20)17-6-8-18(9-7-17)15(21)14-5-4-13(11-16-14)3-2-10-19/h4-5,11,19H,6-10H2,1H3. The highest BCUT2D eigenvalue weighted by molar-refractivity contribution is 5.92. The molecule has 110 valence electrons. The van der Waals surface area contributed by atoms with Crippen LogP contribution in [-0.4, -0.2) is 64.5 Å². The van der Waals surface area contributed by atoms with E-state index in [2.05, 4.69) is 16.8 Å². The summed E-state index contributed by atoms with van der Waals surface area (Å²) in [5.74, 6) is 5.15. The largest absolute Gasteiger partial charge is 0.384 e. The average molecular weight is 287 g/mol. The monoisotopic (exact) mass is 287 g/mol. The zero-order chi connectivity index (χ0) is 15.2. The number of carbonyl (C=O) groups is 2. The molecule has 1 aromatic heterocycles. The quantitative estimate of drug-likeness (QED) is 0.722. The molecule has 6 nitrogen and oxygen atoms in total. The molecule has 0 atom stereocenters. The van der Waals surface area contributed by atoms with Crippen LogP contribution in [-0.2, 0) is 4.79 Å². The molecule has 1 saturated heterocycles. The molecule has 0 aliphatic carbocycles. The van der Waals surface area contributed by atoms with Crippen molar-refractivity contribution in [1.82, 2.24) is 14.8 Å². The van der Waals surface area contributed by atoms with Crippen molar-refractivity contribution in [3.05, 3.63) is 29.6 Å². The van der Waals surface area contributed by atoms with Crippen molar-refractivity contribution in [2.75, 3.05) is 32.8 Å². The first kappa shape index (κ1) is 15.0. The third-order valence-electron chi connectivity index (χ3n) is 3.31. The van der Waals surface area contributed by atoms with E-state index in [1.54, 1.807) is 21.9 Å². The Morgan fingerprint density at radius 3 is 2.43 bits per heavy atom. The Hall–Kier alpha value is -2.39. The average Bonchev–Trinajstić information content (AvgIpc) is 2.53. The normalized spacial score (nSPS) is 14.4. The van der Waals surface area contributed by atoms with Crippen LogP contribution in [0, 0.1) is 11.8 Å². The van der Waals surface area contributed by atoms with E-state index in [0.29, 0.717) is 37.4 Å². The van der Waals surface area contributed by atoms with Crippen LogP contribution in [0.5, 0.6) is 0 Å². The van der Waals surface area contributed by atoms with Gasteiger partial charge in [0.2, 0.25) is 5.91 Å². The molecule has 21 heavy (non-hydrogen) atoms. The van der Waals surface area contributed by atoms with Gasteiger partial charge in [-0.25, -0.2) is 4.98 Å². The molecule has 0 bridgehead atoms. The molecule has 6 heteroatoms. The second kappa shape index (κ2) is 6.86. The first-order chi connectivity index (χ1) is 10.1. The highest BCUT2D eigenvalue weighted by atomic mass is 16.2. The highest BCUT2D eigenvalue weighted by Gasteiger charge is 2.23. The third kappa shape index (κ3) is 3.80. The van der Waals surface area contributed by atoms with Gasteiger partial charge in [-0.05, 0) is 12.1 Å². The number of piperazine rings is 1. The lowest BCUT2D eigenvalue weighted by Gasteiger charge is -2.34. The number of rotatable bonds is 1. The summed E-state index contributed by atoms with van der Waals surface area (Å²) >= 11 is 0. The summed E-state index contributed by atoms with van der Waals surface area (Å²) in [7, 11) is 0. The molecule has 1 N–H and O–H groups in total. The first-order valence-corrected chi connectivity index (χ1v) is 6.72. The van der Waals surface area contributed by atoms with Gasteiger partial charge in [-0.2, -0.15) is 0 Å². The van der Waals surface area contributed by atoms with Crippen molar-refractivity contribution in [2.45, 2.75) is 6.92 Å². The summed E-state index contributed by atoms with van der Waals surface area (Å²) in [4.78, 5) is 31.1. The predicted molar refractivity (Wildman–Crippen MR) is 76.4 cm³/mol. The number of aromatic nitrogens is 1. The zero-order valence-corrected chi connectivity index (χ0v) is 11.9. The molecule has 0 aromatic carbocycles. The van der Waals surface area contributed by atoms with Crippen LogP contribution >= 0.6 is 0 Å². The van der Waals surface area contributed by atoms with E-state index < -0.39 is 0 Å². The van der Waals surface area contributed by atoms with Crippen LogP contribution in [0.3, 0.4) is 0 Å². The number of carbonyl (C=O) groups excluding carboxylic acids is 2. The van der Waals surface area contributed by atoms with Crippen molar-refractivity contribution in [3.8, 4) is 11.8 Å². The van der Waals surface area contributed by atoms with Crippen LogP contribution < -0.4 is 0 Å². The van der Waals surface area contributed by atoms with Crippen molar-refractivity contribution in [3.63, 3.8) is 0 Å². The summed E-state index contributed by atoms with van der Waals surface area (Å²) < 4.78 is 0. The lowest BCUT2D eigenvalue weighted by atomic mass is 10.2. The summed E-state index contributed by atoms with van der Waals surface area (Å²) in [5.41, 5.74) is 1.02. The molecule has 0 radical (unpaired) electrons. The van der Waals surface area contributed by atoms with E-state index in [0.717, 1.165) is 0 Å². The van der Waals surface area contributed by atoms with E-state index in [-0.39, 0.29) is 18.4 Å². The van der Waals surface area contributed by atoms with Crippen molar-refractivity contribution < 1.29 is 14.7 Å². The van der Waals surface area contributed by atoms with Crippen LogP contribution in [0.15, 0.2) is 18.3 Å². The maximum atomic E-state index is 12.3. The minimum atomic E-state index is -0.207. The molecular formula is C15H17N3O3. The number of nitrogens with zero attached hydrogens (tertiary/aromatic N) is 3. The molecule has 0 spiro atoms. The molecule has 0 unspecified atom stereocenters. The Bertz CT molecular complexity index is 578. The SMILES string of the molecule is CC(=O)N1CCN(C(=O)c2ccc(C#CCO)cn2)CC1. The lowest BCUT2D eigenvalue weighted by Crippen LogP contribution is -2.50. The third-order valence-corrected chi connectivity index (χ3v) is 3.31. The van der Waals surface area contributed by atoms with E-state index in [4.69, 9.17) is 5.11 Å². The molecular weight excluding hydrogens is 270 g/mol. The van der Waals surface area contributed by atoms with Crippen molar-refractivity contribution in [2.24, 2.45) is 0 Å². The maximum Gasteiger partial charge on any atom is 0.272 e. The van der Waals surface area contributed by atoms with Gasteiger partial charge in [0.15, 0.2) is 0 Å². The van der Waals surface area contributed by atoms with Crippen LogP contribution in [0.4, 0.5) is 0 Å². The molecule has 1 fully saturated rings. The molecule has 0 saturated carbocycles. The van der Waals surface area contributed by atoms with Gasteiger partial charge < -0.3 is 14.9 Å². The van der Waals surface area contributed by atoms with Gasteiger partial charge in [0.25, 0.3) is 5.91 Å². The minimum Gasteiger partial charge on any atom is -0.384 e. The summed E-state index contributed by atoms with van der Waals surface area (Å²) in [6, 6.07) is 3.33. The van der Waals surface area contributed by atoms with E-state index in [9.17, 15) is 9.59 Å². The first-order valence-electron chi connectivity index (χ1n) is 6.72. The van der Waals surface area contributed by atoms with Crippen LogP contribution in [0.2, 0.25) is 0 Å². The Kier molecular flexibility index (Phi) is 4.90. The predicted octanol–water partition coefficient (Wildman–Crippen LogP) is -0.270. The maximum absolute atomic E-state index is 12.3. The lowest BCUT2D eigenvalue weighted by molar-refractivity contribution is -0.130. The number of pyridine rings is 1. The van der Waals surface area contributed by atoms with Gasteiger partial charge in [0.05, 0.1) is 0 Å². The topological polar surface area (TPSA) is 73.7 Å². The fraction of sp³-hybridized carbons (Fsp3) is 0.400. The van der Waals surface area contributed by atoms with Crippen LogP contribution in [0.25, 0.3) is 0 Å². The van der Waals surface area contributed by atoms with Gasteiger partial charge in [-0.15, -0.1) is 0 Å². The van der Waals surface area contributed by atoms with Crippen molar-refractivity contribution in [1.29, 1.82) is 0 Å². The van der Waals surface area contributed by atoms with Crippen LogP contribution in [0.1, 0.15) is 23.0 Å². The van der Waals surface area contributed by atoms with E-state index >= 15 is 0 Å². The van der Waals surface area contributed by atoms with Gasteiger partial charge in [-0.1, -0.05) is 11.8 Å². The Morgan fingerprint density at radius 2 is 1.90 bits per heavy atom. The van der Waals surface area contributed by atoms with E-state index in [1.807, 2.05) is 0 Å². The Morgan fingerprint density at radius 1 is 1.24 bits per heavy atom. The summed E-state index contributed by atoms with van der Waals surface area (Å²) in [5, 5.41) is 8.62. The van der Waals surface area contributed by atoms with Gasteiger partial charge in [0, 0.05) is 44.9 Å². The minimum absolute atomic E-state index is 0.0343. The molecule has 1 aliphatic rings. The molecule has 1 aromatic rings.